The van der Waals surface area contributed by atoms with Gasteiger partial charge in [-0.25, -0.2) is 4.98 Å². The number of hydrogen-bond donors (Lipinski definition) is 1. The molecule has 148 valence electrons. The second kappa shape index (κ2) is 8.41. The van der Waals surface area contributed by atoms with Crippen LogP contribution >= 0.6 is 11.3 Å². The molecule has 6 nitrogen and oxygen atoms in total. The first-order valence-electron chi connectivity index (χ1n) is 9.96. The highest BCUT2D eigenvalue weighted by Crippen LogP contribution is 2.29. The van der Waals surface area contributed by atoms with Gasteiger partial charge < -0.3 is 10.2 Å². The van der Waals surface area contributed by atoms with Crippen molar-refractivity contribution in [1.82, 2.24) is 14.8 Å². The van der Waals surface area contributed by atoms with Gasteiger partial charge in [-0.3, -0.25) is 14.5 Å². The number of carbonyl (C=O) groups is 2. The summed E-state index contributed by atoms with van der Waals surface area (Å²) >= 11 is 1.57. The quantitative estimate of drug-likeness (QED) is 0.812. The Morgan fingerprint density at radius 2 is 2.14 bits per heavy atom. The van der Waals surface area contributed by atoms with Crippen molar-refractivity contribution in [3.63, 3.8) is 0 Å². The smallest absolute Gasteiger partial charge is 0.231 e. The molecule has 1 N–H and O–H groups in total. The van der Waals surface area contributed by atoms with Crippen molar-refractivity contribution in [3.8, 4) is 0 Å². The van der Waals surface area contributed by atoms with Crippen LogP contribution in [0.3, 0.4) is 0 Å². The summed E-state index contributed by atoms with van der Waals surface area (Å²) in [5, 5.41) is 3.63. The van der Waals surface area contributed by atoms with Gasteiger partial charge in [-0.05, 0) is 18.5 Å². The Hall–Kier alpha value is -2.25. The predicted molar refractivity (Wildman–Crippen MR) is 110 cm³/mol. The molecule has 2 aliphatic heterocycles. The molecular formula is C21H26N4O2S. The fourth-order valence-electron chi connectivity index (χ4n) is 3.85. The van der Waals surface area contributed by atoms with Gasteiger partial charge in [0.2, 0.25) is 11.8 Å². The molecule has 0 radical (unpaired) electrons. The number of fused-ring (bicyclic) bond motifs is 1. The van der Waals surface area contributed by atoms with Gasteiger partial charge in [0.25, 0.3) is 0 Å². The zero-order valence-electron chi connectivity index (χ0n) is 16.2. The van der Waals surface area contributed by atoms with Crippen molar-refractivity contribution in [1.29, 1.82) is 0 Å². The van der Waals surface area contributed by atoms with E-state index >= 15 is 0 Å². The number of rotatable bonds is 6. The maximum absolute atomic E-state index is 12.7. The van der Waals surface area contributed by atoms with Crippen molar-refractivity contribution in [2.75, 3.05) is 31.5 Å². The van der Waals surface area contributed by atoms with Crippen molar-refractivity contribution in [2.45, 2.75) is 32.7 Å². The molecule has 2 aromatic rings. The Labute approximate surface area is 169 Å². The van der Waals surface area contributed by atoms with E-state index in [2.05, 4.69) is 34.3 Å². The first-order valence-corrected chi connectivity index (χ1v) is 10.8. The van der Waals surface area contributed by atoms with E-state index in [-0.39, 0.29) is 24.2 Å². The number of anilines is 1. The molecule has 1 unspecified atom stereocenters. The largest absolute Gasteiger partial charge is 0.342 e. The Morgan fingerprint density at radius 1 is 1.32 bits per heavy atom. The SMILES string of the molecule is CCN1CCc2nc(NC(=O)C3CC(=O)N(CCc4ccccc4)C3)sc2C1. The lowest BCUT2D eigenvalue weighted by molar-refractivity contribution is -0.128. The Bertz CT molecular complexity index is 851. The summed E-state index contributed by atoms with van der Waals surface area (Å²) in [5.74, 6) is -0.321. The number of amides is 2. The first kappa shape index (κ1) is 19.1. The number of nitrogens with zero attached hydrogens (tertiary/aromatic N) is 3. The number of aromatic nitrogens is 1. The van der Waals surface area contributed by atoms with Gasteiger partial charge in [-0.15, -0.1) is 11.3 Å². The zero-order chi connectivity index (χ0) is 19.5. The molecule has 4 rings (SSSR count). The lowest BCUT2D eigenvalue weighted by atomic mass is 10.1. The standard InChI is InChI=1S/C21H26N4O2S/c1-2-24-10-9-17-18(14-24)28-21(22-17)23-20(27)16-12-19(26)25(13-16)11-8-15-6-4-3-5-7-15/h3-7,16H,2,8-14H2,1H3,(H,22,23,27). The molecule has 1 aromatic heterocycles. The van der Waals surface area contributed by atoms with E-state index in [1.54, 1.807) is 11.3 Å². The van der Waals surface area contributed by atoms with E-state index in [0.717, 1.165) is 38.2 Å². The molecule has 0 spiro atoms. The van der Waals surface area contributed by atoms with Crippen LogP contribution in [0.15, 0.2) is 30.3 Å². The van der Waals surface area contributed by atoms with Crippen LogP contribution in [-0.2, 0) is 29.0 Å². The molecule has 28 heavy (non-hydrogen) atoms. The van der Waals surface area contributed by atoms with Crippen LogP contribution in [0.1, 0.15) is 29.5 Å². The van der Waals surface area contributed by atoms with E-state index in [9.17, 15) is 9.59 Å². The van der Waals surface area contributed by atoms with Crippen LogP contribution < -0.4 is 5.32 Å². The minimum absolute atomic E-state index is 0.0631. The fraction of sp³-hybridized carbons (Fsp3) is 0.476. The first-order chi connectivity index (χ1) is 13.6. The molecule has 0 aliphatic carbocycles. The molecular weight excluding hydrogens is 372 g/mol. The Kier molecular flexibility index (Phi) is 5.73. The monoisotopic (exact) mass is 398 g/mol. The summed E-state index contributed by atoms with van der Waals surface area (Å²) in [6.07, 6.45) is 2.04. The van der Waals surface area contributed by atoms with E-state index < -0.39 is 0 Å². The van der Waals surface area contributed by atoms with Crippen LogP contribution in [0.25, 0.3) is 0 Å². The minimum atomic E-state index is -0.295. The third kappa shape index (κ3) is 4.25. The van der Waals surface area contributed by atoms with Crippen LogP contribution in [-0.4, -0.2) is 52.8 Å². The third-order valence-electron chi connectivity index (χ3n) is 5.59. The zero-order valence-corrected chi connectivity index (χ0v) is 17.0. The normalized spacial score (nSPS) is 19.7. The van der Waals surface area contributed by atoms with Gasteiger partial charge in [0.05, 0.1) is 11.6 Å². The topological polar surface area (TPSA) is 65.5 Å². The third-order valence-corrected chi connectivity index (χ3v) is 6.58. The van der Waals surface area contributed by atoms with Crippen LogP contribution in [0, 0.1) is 5.92 Å². The number of hydrogen-bond acceptors (Lipinski definition) is 5. The number of carbonyl (C=O) groups excluding carboxylic acids is 2. The van der Waals surface area contributed by atoms with Gasteiger partial charge in [0, 0.05) is 43.9 Å². The second-order valence-electron chi connectivity index (χ2n) is 7.47. The highest BCUT2D eigenvalue weighted by atomic mass is 32.1. The number of thiazole rings is 1. The summed E-state index contributed by atoms with van der Waals surface area (Å²) in [4.78, 5) is 35.0. The van der Waals surface area contributed by atoms with E-state index in [1.807, 2.05) is 23.1 Å². The highest BCUT2D eigenvalue weighted by Gasteiger charge is 2.34. The van der Waals surface area contributed by atoms with Gasteiger partial charge in [0.15, 0.2) is 5.13 Å². The van der Waals surface area contributed by atoms with Crippen molar-refractivity contribution in [3.05, 3.63) is 46.5 Å². The predicted octanol–water partition coefficient (Wildman–Crippen LogP) is 2.55. The van der Waals surface area contributed by atoms with Crippen LogP contribution in [0.4, 0.5) is 5.13 Å². The Morgan fingerprint density at radius 3 is 2.93 bits per heavy atom. The second-order valence-corrected chi connectivity index (χ2v) is 8.56. The van der Waals surface area contributed by atoms with E-state index in [0.29, 0.717) is 18.2 Å². The molecule has 3 heterocycles. The molecule has 1 saturated heterocycles. The molecule has 2 amide bonds. The highest BCUT2D eigenvalue weighted by molar-refractivity contribution is 7.15. The number of likely N-dealkylation sites (N-methyl/N-ethyl adjacent to an activating group) is 1. The van der Waals surface area contributed by atoms with Gasteiger partial charge >= 0.3 is 0 Å². The average Bonchev–Trinajstić information content (AvgIpc) is 3.29. The molecule has 2 aliphatic rings. The molecule has 1 atom stereocenters. The minimum Gasteiger partial charge on any atom is -0.342 e. The lowest BCUT2D eigenvalue weighted by Crippen LogP contribution is -2.30. The van der Waals surface area contributed by atoms with Gasteiger partial charge in [0.1, 0.15) is 0 Å². The van der Waals surface area contributed by atoms with Gasteiger partial charge in [-0.2, -0.15) is 0 Å². The number of benzene rings is 1. The average molecular weight is 399 g/mol. The summed E-state index contributed by atoms with van der Waals surface area (Å²) in [7, 11) is 0. The molecule has 0 bridgehead atoms. The number of nitrogens with one attached hydrogen (secondary N) is 1. The molecule has 7 heteroatoms. The summed E-state index contributed by atoms with van der Waals surface area (Å²) in [6.45, 7) is 6.28. The summed E-state index contributed by atoms with van der Waals surface area (Å²) in [5.41, 5.74) is 2.31. The fourth-order valence-corrected chi connectivity index (χ4v) is 4.91. The maximum Gasteiger partial charge on any atom is 0.231 e. The van der Waals surface area contributed by atoms with E-state index in [1.165, 1.54) is 10.4 Å². The molecule has 1 fully saturated rings. The number of likely N-dealkylation sites (tertiary alicyclic amines) is 1. The molecule has 1 aromatic carbocycles. The van der Waals surface area contributed by atoms with Crippen LogP contribution in [0.5, 0.6) is 0 Å². The van der Waals surface area contributed by atoms with Gasteiger partial charge in [-0.1, -0.05) is 37.3 Å². The lowest BCUT2D eigenvalue weighted by Gasteiger charge is -2.23. The Balaban J connectivity index is 1.32. The van der Waals surface area contributed by atoms with E-state index in [4.69, 9.17) is 0 Å². The van der Waals surface area contributed by atoms with Crippen molar-refractivity contribution < 1.29 is 9.59 Å². The van der Waals surface area contributed by atoms with Crippen molar-refractivity contribution in [2.24, 2.45) is 5.92 Å². The molecule has 0 saturated carbocycles. The summed E-state index contributed by atoms with van der Waals surface area (Å²) < 4.78 is 0. The maximum atomic E-state index is 12.7. The summed E-state index contributed by atoms with van der Waals surface area (Å²) in [6, 6.07) is 10.1. The van der Waals surface area contributed by atoms with Crippen LogP contribution in [0.2, 0.25) is 0 Å². The van der Waals surface area contributed by atoms with Crippen molar-refractivity contribution >= 4 is 28.3 Å².